The maximum atomic E-state index is 12.6. The van der Waals surface area contributed by atoms with Crippen LogP contribution in [0.3, 0.4) is 0 Å². The number of halogens is 3. The second-order valence-electron chi connectivity index (χ2n) is 3.35. The van der Waals surface area contributed by atoms with Gasteiger partial charge in [-0.1, -0.05) is 0 Å². The lowest BCUT2D eigenvalue weighted by molar-refractivity contribution is -0.00398. The molecule has 12 heavy (non-hydrogen) atoms. The fourth-order valence-corrected chi connectivity index (χ4v) is 1.56. The highest BCUT2D eigenvalue weighted by molar-refractivity contribution is 5.85. The molecule has 0 aromatic heterocycles. The van der Waals surface area contributed by atoms with Crippen molar-refractivity contribution in [3.63, 3.8) is 0 Å². The van der Waals surface area contributed by atoms with Gasteiger partial charge in [0.2, 0.25) is 0 Å². The minimum absolute atomic E-state index is 0. The molecule has 1 rings (SSSR count). The second kappa shape index (κ2) is 3.85. The molecule has 0 saturated heterocycles. The third-order valence-corrected chi connectivity index (χ3v) is 2.21. The van der Waals surface area contributed by atoms with Gasteiger partial charge < -0.3 is 10.8 Å². The summed E-state index contributed by atoms with van der Waals surface area (Å²) in [7, 11) is 0. The van der Waals surface area contributed by atoms with Gasteiger partial charge in [0.05, 0.1) is 6.10 Å². The van der Waals surface area contributed by atoms with Gasteiger partial charge in [0.1, 0.15) is 0 Å². The lowest BCUT2D eigenvalue weighted by atomic mass is 9.98. The van der Waals surface area contributed by atoms with Gasteiger partial charge in [-0.15, -0.1) is 12.4 Å². The van der Waals surface area contributed by atoms with Crippen LogP contribution in [0.4, 0.5) is 8.78 Å². The summed E-state index contributed by atoms with van der Waals surface area (Å²) in [6, 6.07) is -0.349. The van der Waals surface area contributed by atoms with Gasteiger partial charge in [0.25, 0.3) is 5.92 Å². The largest absolute Gasteiger partial charge is 0.393 e. The van der Waals surface area contributed by atoms with Crippen LogP contribution in [0.5, 0.6) is 0 Å². The Morgan fingerprint density at radius 2 is 2.00 bits per heavy atom. The molecule has 0 amide bonds. The van der Waals surface area contributed by atoms with E-state index in [-0.39, 0.29) is 24.9 Å². The quantitative estimate of drug-likeness (QED) is 0.669. The highest BCUT2D eigenvalue weighted by atomic mass is 35.5. The summed E-state index contributed by atoms with van der Waals surface area (Å²) in [6.07, 6.45) is -1.63. The lowest BCUT2D eigenvalue weighted by Crippen LogP contribution is -2.31. The van der Waals surface area contributed by atoms with Crippen LogP contribution in [0.2, 0.25) is 0 Å². The van der Waals surface area contributed by atoms with Crippen LogP contribution in [-0.2, 0) is 0 Å². The molecule has 0 aromatic carbocycles. The van der Waals surface area contributed by atoms with Gasteiger partial charge >= 0.3 is 0 Å². The van der Waals surface area contributed by atoms with Crippen molar-refractivity contribution in [2.45, 2.75) is 37.8 Å². The minimum Gasteiger partial charge on any atom is -0.393 e. The van der Waals surface area contributed by atoms with Crippen LogP contribution >= 0.6 is 12.4 Å². The van der Waals surface area contributed by atoms with Crippen molar-refractivity contribution in [1.82, 2.24) is 0 Å². The molecule has 1 saturated carbocycles. The topological polar surface area (TPSA) is 46.2 Å². The van der Waals surface area contributed by atoms with Crippen molar-refractivity contribution in [3.05, 3.63) is 0 Å². The number of aliphatic hydroxyl groups excluding tert-OH is 1. The molecular formula is C7H14ClF2NO. The molecule has 3 N–H and O–H groups in total. The molecule has 0 radical (unpaired) electrons. The van der Waals surface area contributed by atoms with Gasteiger partial charge in [0.15, 0.2) is 0 Å². The van der Waals surface area contributed by atoms with Crippen LogP contribution in [-0.4, -0.2) is 23.2 Å². The van der Waals surface area contributed by atoms with Crippen molar-refractivity contribution in [2.24, 2.45) is 11.7 Å². The molecule has 0 bridgehead atoms. The van der Waals surface area contributed by atoms with Gasteiger partial charge in [-0.05, 0) is 6.92 Å². The summed E-state index contributed by atoms with van der Waals surface area (Å²) < 4.78 is 25.2. The zero-order valence-electron chi connectivity index (χ0n) is 6.84. The van der Waals surface area contributed by atoms with E-state index >= 15 is 0 Å². The van der Waals surface area contributed by atoms with Gasteiger partial charge in [-0.25, -0.2) is 8.78 Å². The first-order valence-corrected chi connectivity index (χ1v) is 3.74. The molecule has 74 valence electrons. The summed E-state index contributed by atoms with van der Waals surface area (Å²) in [4.78, 5) is 0. The average Bonchev–Trinajstić information content (AvgIpc) is 2.05. The third kappa shape index (κ3) is 2.54. The van der Waals surface area contributed by atoms with Crippen molar-refractivity contribution in [2.75, 3.05) is 0 Å². The number of nitrogens with two attached hydrogens (primary N) is 1. The third-order valence-electron chi connectivity index (χ3n) is 2.21. The molecule has 5 heteroatoms. The van der Waals surface area contributed by atoms with Crippen LogP contribution in [0, 0.1) is 5.92 Å². The second-order valence-corrected chi connectivity index (χ2v) is 3.35. The van der Waals surface area contributed by atoms with Crippen LogP contribution in [0.1, 0.15) is 19.8 Å². The first kappa shape index (κ1) is 12.1. The Labute approximate surface area is 76.5 Å². The Hall–Kier alpha value is 0.0700. The molecule has 3 unspecified atom stereocenters. The maximum absolute atomic E-state index is 12.6. The summed E-state index contributed by atoms with van der Waals surface area (Å²) in [5.74, 6) is -3.15. The van der Waals surface area contributed by atoms with Crippen molar-refractivity contribution in [1.29, 1.82) is 0 Å². The average molecular weight is 202 g/mol. The van der Waals surface area contributed by atoms with Gasteiger partial charge in [0, 0.05) is 24.8 Å². The zero-order chi connectivity index (χ0) is 8.65. The Kier molecular flexibility index (Phi) is 3.87. The monoisotopic (exact) mass is 201 g/mol. The van der Waals surface area contributed by atoms with E-state index in [1.54, 1.807) is 6.92 Å². The zero-order valence-corrected chi connectivity index (χ0v) is 7.65. The fraction of sp³-hybridized carbons (Fsp3) is 1.00. The van der Waals surface area contributed by atoms with E-state index in [1.165, 1.54) is 0 Å². The lowest BCUT2D eigenvalue weighted by Gasteiger charge is -2.16. The molecule has 0 heterocycles. The van der Waals surface area contributed by atoms with Crippen LogP contribution in [0.25, 0.3) is 0 Å². The SMILES string of the molecule is CC(N)C1CC(F)(F)CC1O.Cl. The number of alkyl halides is 2. The van der Waals surface area contributed by atoms with E-state index in [0.717, 1.165) is 0 Å². The van der Waals surface area contributed by atoms with Crippen molar-refractivity contribution < 1.29 is 13.9 Å². The predicted octanol–water partition coefficient (Wildman–Crippen LogP) is 1.16. The molecule has 1 aliphatic rings. The summed E-state index contributed by atoms with van der Waals surface area (Å²) in [6.45, 7) is 1.65. The van der Waals surface area contributed by atoms with E-state index in [1.807, 2.05) is 0 Å². The maximum Gasteiger partial charge on any atom is 0.251 e. The molecular weight excluding hydrogens is 188 g/mol. The molecule has 0 aliphatic heterocycles. The van der Waals surface area contributed by atoms with E-state index in [4.69, 9.17) is 10.8 Å². The molecule has 1 aliphatic carbocycles. The number of rotatable bonds is 1. The summed E-state index contributed by atoms with van der Waals surface area (Å²) in [5, 5.41) is 9.13. The molecule has 2 nitrogen and oxygen atoms in total. The van der Waals surface area contributed by atoms with Crippen LogP contribution < -0.4 is 5.73 Å². The molecule has 1 fully saturated rings. The Bertz CT molecular complexity index is 154. The Morgan fingerprint density at radius 3 is 2.17 bits per heavy atom. The van der Waals surface area contributed by atoms with Crippen LogP contribution in [0.15, 0.2) is 0 Å². The molecule has 0 aromatic rings. The van der Waals surface area contributed by atoms with Gasteiger partial charge in [-0.3, -0.25) is 0 Å². The molecule has 3 atom stereocenters. The normalized spacial score (nSPS) is 35.8. The highest BCUT2D eigenvalue weighted by Crippen LogP contribution is 2.39. The standard InChI is InChI=1S/C7H13F2NO.ClH/c1-4(10)5-2-7(8,9)3-6(5)11;/h4-6,11H,2-3,10H2,1H3;1H. The smallest absolute Gasteiger partial charge is 0.251 e. The first-order valence-electron chi connectivity index (χ1n) is 3.74. The first-order chi connectivity index (χ1) is 4.92. The van der Waals surface area contributed by atoms with Crippen molar-refractivity contribution >= 4 is 12.4 Å². The summed E-state index contributed by atoms with van der Waals surface area (Å²) >= 11 is 0. The number of hydrogen-bond acceptors (Lipinski definition) is 2. The summed E-state index contributed by atoms with van der Waals surface area (Å²) in [5.41, 5.74) is 5.42. The minimum atomic E-state index is -2.71. The van der Waals surface area contributed by atoms with E-state index in [2.05, 4.69) is 0 Å². The van der Waals surface area contributed by atoms with Gasteiger partial charge in [-0.2, -0.15) is 0 Å². The Balaban J connectivity index is 0.00000121. The molecule has 0 spiro atoms. The van der Waals surface area contributed by atoms with E-state index in [9.17, 15) is 8.78 Å². The van der Waals surface area contributed by atoms with E-state index < -0.39 is 24.4 Å². The number of aliphatic hydroxyl groups is 1. The van der Waals surface area contributed by atoms with E-state index in [0.29, 0.717) is 0 Å². The Morgan fingerprint density at radius 1 is 1.50 bits per heavy atom. The fourth-order valence-electron chi connectivity index (χ4n) is 1.56. The predicted molar refractivity (Wildman–Crippen MR) is 44.6 cm³/mol. The highest BCUT2D eigenvalue weighted by Gasteiger charge is 2.46. The van der Waals surface area contributed by atoms with Crippen molar-refractivity contribution in [3.8, 4) is 0 Å². The number of hydrogen-bond donors (Lipinski definition) is 2.